The average molecular weight is 500 g/mol. The van der Waals surface area contributed by atoms with Gasteiger partial charge in [0.15, 0.2) is 0 Å². The monoisotopic (exact) mass is 500 g/mol. The van der Waals surface area contributed by atoms with E-state index in [1.165, 1.54) is 4.57 Å². The molecule has 0 saturated carbocycles. The predicted octanol–water partition coefficient (Wildman–Crippen LogP) is 3.54. The van der Waals surface area contributed by atoms with Crippen LogP contribution in [0.5, 0.6) is 5.75 Å². The first-order chi connectivity index (χ1) is 14.0. The summed E-state index contributed by atoms with van der Waals surface area (Å²) >= 11 is 2.10. The van der Waals surface area contributed by atoms with Crippen molar-refractivity contribution in [3.8, 4) is 16.9 Å². The van der Waals surface area contributed by atoms with E-state index >= 15 is 0 Å². The minimum atomic E-state index is -0.260. The van der Waals surface area contributed by atoms with Crippen LogP contribution in [-0.4, -0.2) is 24.7 Å². The molecule has 8 heteroatoms. The van der Waals surface area contributed by atoms with Gasteiger partial charge in [-0.25, -0.2) is 4.98 Å². The third-order valence-electron chi connectivity index (χ3n) is 4.58. The van der Waals surface area contributed by atoms with Gasteiger partial charge in [0.1, 0.15) is 11.4 Å². The molecular formula is C21H17IN4O3. The van der Waals surface area contributed by atoms with Crippen molar-refractivity contribution < 1.29 is 10.2 Å². The topological polar surface area (TPSA) is 100 Å². The number of benzene rings is 2. The molecule has 0 spiro atoms. The number of aromatic hydroxyl groups is 1. The highest BCUT2D eigenvalue weighted by atomic mass is 127. The fourth-order valence-corrected chi connectivity index (χ4v) is 3.92. The van der Waals surface area contributed by atoms with Crippen LogP contribution < -0.4 is 10.9 Å². The number of fused-ring (bicyclic) bond motifs is 1. The second kappa shape index (κ2) is 7.80. The van der Waals surface area contributed by atoms with Crippen LogP contribution >= 0.6 is 22.6 Å². The van der Waals surface area contributed by atoms with E-state index in [9.17, 15) is 15.0 Å². The lowest BCUT2D eigenvalue weighted by Gasteiger charge is -2.12. The van der Waals surface area contributed by atoms with Crippen molar-refractivity contribution in [2.75, 3.05) is 5.32 Å². The molecule has 4 rings (SSSR count). The Labute approximate surface area is 179 Å². The van der Waals surface area contributed by atoms with Crippen LogP contribution in [0.15, 0.2) is 59.5 Å². The molecule has 0 radical (unpaired) electrons. The molecule has 2 aromatic carbocycles. The predicted molar refractivity (Wildman–Crippen MR) is 120 cm³/mol. The van der Waals surface area contributed by atoms with Gasteiger partial charge >= 0.3 is 0 Å². The number of nitrogens with zero attached hydrogens (tertiary/aromatic N) is 3. The molecule has 0 aliphatic carbocycles. The number of hydrogen-bond acceptors (Lipinski definition) is 6. The Kier molecular flexibility index (Phi) is 5.20. The van der Waals surface area contributed by atoms with Crippen LogP contribution in [0.1, 0.15) is 5.56 Å². The van der Waals surface area contributed by atoms with E-state index in [4.69, 9.17) is 0 Å². The minimum Gasteiger partial charge on any atom is -0.507 e. The minimum absolute atomic E-state index is 0.0521. The Bertz CT molecular complexity index is 1270. The number of aryl methyl sites for hydroxylation is 1. The smallest absolute Gasteiger partial charge is 0.260 e. The van der Waals surface area contributed by atoms with Crippen molar-refractivity contribution >= 4 is 45.3 Å². The number of rotatable bonds is 4. The molecule has 146 valence electrons. The average Bonchev–Trinajstić information content (AvgIpc) is 2.72. The van der Waals surface area contributed by atoms with Crippen LogP contribution in [0.4, 0.5) is 11.6 Å². The van der Waals surface area contributed by atoms with Gasteiger partial charge in [-0.1, -0.05) is 18.2 Å². The maximum Gasteiger partial charge on any atom is 0.260 e. The Morgan fingerprint density at radius 1 is 1.17 bits per heavy atom. The Morgan fingerprint density at radius 2 is 1.97 bits per heavy atom. The van der Waals surface area contributed by atoms with Crippen LogP contribution in [0.3, 0.4) is 0 Å². The maximum atomic E-state index is 13.0. The zero-order chi connectivity index (χ0) is 20.5. The van der Waals surface area contributed by atoms with Crippen LogP contribution in [0.2, 0.25) is 0 Å². The summed E-state index contributed by atoms with van der Waals surface area (Å²) in [7, 11) is 1.64. The summed E-state index contributed by atoms with van der Waals surface area (Å²) in [6.45, 7) is -0.0590. The number of hydrogen-bond donors (Lipinski definition) is 3. The third-order valence-corrected chi connectivity index (χ3v) is 5.47. The first-order valence-corrected chi connectivity index (χ1v) is 9.87. The molecule has 0 fully saturated rings. The highest BCUT2D eigenvalue weighted by Crippen LogP contribution is 2.32. The van der Waals surface area contributed by atoms with E-state index in [-0.39, 0.29) is 17.9 Å². The zero-order valence-corrected chi connectivity index (χ0v) is 17.6. The molecular weight excluding hydrogens is 483 g/mol. The van der Waals surface area contributed by atoms with Crippen LogP contribution in [0, 0.1) is 3.57 Å². The number of phenolic OH excluding ortho intramolecular Hbond substituents is 1. The largest absolute Gasteiger partial charge is 0.507 e. The second-order valence-electron chi connectivity index (χ2n) is 6.51. The van der Waals surface area contributed by atoms with E-state index < -0.39 is 0 Å². The van der Waals surface area contributed by atoms with Gasteiger partial charge in [0.05, 0.1) is 12.2 Å². The number of pyridine rings is 1. The van der Waals surface area contributed by atoms with E-state index in [2.05, 4.69) is 37.9 Å². The molecule has 0 saturated heterocycles. The van der Waals surface area contributed by atoms with Crippen molar-refractivity contribution in [3.05, 3.63) is 74.2 Å². The standard InChI is InChI=1S/C21H17IN4O3/c1-26-19-13(9-15(20(26)29)18-16(22)6-3-7-17(18)28)10-23-21(25-19)24-14-5-2-4-12(8-14)11-27/h2-10,27-28H,11H2,1H3,(H,23,24,25). The SMILES string of the molecule is Cn1c(=O)c(-c2c(O)cccc2I)cc2cnc(Nc3cccc(CO)c3)nc21. The van der Waals surface area contributed by atoms with Crippen LogP contribution in [0.25, 0.3) is 22.2 Å². The highest BCUT2D eigenvalue weighted by molar-refractivity contribution is 14.1. The van der Waals surface area contributed by atoms with Crippen LogP contribution in [-0.2, 0) is 13.7 Å². The summed E-state index contributed by atoms with van der Waals surface area (Å²) in [6.07, 6.45) is 1.64. The highest BCUT2D eigenvalue weighted by Gasteiger charge is 2.16. The summed E-state index contributed by atoms with van der Waals surface area (Å²) in [4.78, 5) is 21.8. The van der Waals surface area contributed by atoms with E-state index in [1.807, 2.05) is 24.3 Å². The summed E-state index contributed by atoms with van der Waals surface area (Å²) in [5.74, 6) is 0.392. The van der Waals surface area contributed by atoms with Crippen molar-refractivity contribution in [1.29, 1.82) is 0 Å². The lowest BCUT2D eigenvalue weighted by molar-refractivity contribution is 0.282. The maximum absolute atomic E-state index is 13.0. The Hall–Kier alpha value is -2.98. The molecule has 4 aromatic rings. The zero-order valence-electron chi connectivity index (χ0n) is 15.4. The second-order valence-corrected chi connectivity index (χ2v) is 7.67. The fourth-order valence-electron chi connectivity index (χ4n) is 3.14. The van der Waals surface area contributed by atoms with Crippen molar-refractivity contribution in [2.45, 2.75) is 6.61 Å². The number of phenols is 1. The van der Waals surface area contributed by atoms with Crippen molar-refractivity contribution in [1.82, 2.24) is 14.5 Å². The number of anilines is 2. The Balaban J connectivity index is 1.81. The van der Waals surface area contributed by atoms with Gasteiger partial charge in [-0.15, -0.1) is 0 Å². The van der Waals surface area contributed by atoms with Gasteiger partial charge in [-0.2, -0.15) is 4.98 Å². The molecule has 0 atom stereocenters. The van der Waals surface area contributed by atoms with Gasteiger partial charge in [-0.3, -0.25) is 9.36 Å². The number of aromatic nitrogens is 3. The normalized spacial score (nSPS) is 11.0. The summed E-state index contributed by atoms with van der Waals surface area (Å²) in [5, 5.41) is 23.3. The molecule has 2 aromatic heterocycles. The summed E-state index contributed by atoms with van der Waals surface area (Å²) in [5.41, 5.74) is 2.61. The molecule has 3 N–H and O–H groups in total. The quantitative estimate of drug-likeness (QED) is 0.371. The number of halogens is 1. The van der Waals surface area contributed by atoms with Gasteiger partial charge in [0.2, 0.25) is 5.95 Å². The van der Waals surface area contributed by atoms with Crippen molar-refractivity contribution in [2.24, 2.45) is 7.05 Å². The van der Waals surface area contributed by atoms with Crippen molar-refractivity contribution in [3.63, 3.8) is 0 Å². The summed E-state index contributed by atoms with van der Waals surface area (Å²) < 4.78 is 2.23. The van der Waals surface area contributed by atoms with E-state index in [0.717, 1.165) is 14.8 Å². The van der Waals surface area contributed by atoms with E-state index in [0.29, 0.717) is 28.1 Å². The lowest BCUT2D eigenvalue weighted by Crippen LogP contribution is -2.20. The molecule has 0 amide bonds. The molecule has 7 nitrogen and oxygen atoms in total. The summed E-state index contributed by atoms with van der Waals surface area (Å²) in [6, 6.07) is 14.1. The Morgan fingerprint density at radius 3 is 2.72 bits per heavy atom. The van der Waals surface area contributed by atoms with Gasteiger partial charge < -0.3 is 15.5 Å². The fraction of sp³-hybridized carbons (Fsp3) is 0.0952. The third kappa shape index (κ3) is 3.68. The first-order valence-electron chi connectivity index (χ1n) is 8.79. The number of nitrogens with one attached hydrogen (secondary N) is 1. The number of aliphatic hydroxyl groups excluding tert-OH is 1. The molecule has 0 unspecified atom stereocenters. The molecule has 0 aliphatic rings. The first kappa shape index (κ1) is 19.3. The van der Waals surface area contributed by atoms with E-state index in [1.54, 1.807) is 37.5 Å². The van der Waals surface area contributed by atoms with Gasteiger partial charge in [-0.05, 0) is 58.5 Å². The lowest BCUT2D eigenvalue weighted by atomic mass is 10.1. The molecule has 0 aliphatic heterocycles. The number of aliphatic hydroxyl groups is 1. The van der Waals surface area contributed by atoms with Gasteiger partial charge in [0.25, 0.3) is 5.56 Å². The molecule has 0 bridgehead atoms. The molecule has 2 heterocycles. The molecule has 29 heavy (non-hydrogen) atoms. The van der Waals surface area contributed by atoms with Gasteiger partial charge in [0, 0.05) is 33.5 Å².